The van der Waals surface area contributed by atoms with Gasteiger partial charge in [0.1, 0.15) is 16.5 Å². The highest BCUT2D eigenvalue weighted by atomic mass is 32.1. The maximum absolute atomic E-state index is 5.17. The first-order valence-corrected chi connectivity index (χ1v) is 12.3. The summed E-state index contributed by atoms with van der Waals surface area (Å²) in [5, 5.41) is 1.31. The Morgan fingerprint density at radius 2 is 1.56 bits per heavy atom. The summed E-state index contributed by atoms with van der Waals surface area (Å²) in [7, 11) is 0. The Balaban J connectivity index is 1.36. The van der Waals surface area contributed by atoms with Crippen molar-refractivity contribution in [2.45, 2.75) is 32.1 Å². The smallest absolute Gasteiger partial charge is 0.225 e. The number of hydrogen-bond acceptors (Lipinski definition) is 7. The fourth-order valence-corrected chi connectivity index (χ4v) is 6.11. The Labute approximate surface area is 192 Å². The molecule has 0 saturated carbocycles. The van der Waals surface area contributed by atoms with Crippen LogP contribution in [0.1, 0.15) is 34.7 Å². The van der Waals surface area contributed by atoms with Crippen molar-refractivity contribution in [1.29, 1.82) is 0 Å². The van der Waals surface area contributed by atoms with E-state index in [1.54, 1.807) is 0 Å². The molecule has 3 aromatic heterocycles. The second-order valence-electron chi connectivity index (χ2n) is 8.54. The fourth-order valence-electron chi connectivity index (χ4n) is 4.84. The first-order valence-electron chi connectivity index (χ1n) is 11.5. The van der Waals surface area contributed by atoms with E-state index < -0.39 is 0 Å². The molecule has 0 radical (unpaired) electrons. The van der Waals surface area contributed by atoms with Crippen LogP contribution in [0.4, 0.5) is 11.8 Å². The minimum absolute atomic E-state index is 0.768. The van der Waals surface area contributed by atoms with Gasteiger partial charge in [0.05, 0.1) is 5.39 Å². The van der Waals surface area contributed by atoms with Crippen LogP contribution in [-0.2, 0) is 19.3 Å². The van der Waals surface area contributed by atoms with Crippen LogP contribution < -0.4 is 9.80 Å². The topological polar surface area (TPSA) is 58.0 Å². The van der Waals surface area contributed by atoms with Crippen LogP contribution in [0.3, 0.4) is 0 Å². The fraction of sp³-hybridized carbons (Fsp3) is 0.360. The number of thiophene rings is 1. The minimum Gasteiger partial charge on any atom is -0.352 e. The molecule has 6 nitrogen and oxygen atoms in total. The van der Waals surface area contributed by atoms with E-state index in [1.807, 2.05) is 29.8 Å². The number of fused-ring (bicyclic) bond motifs is 3. The van der Waals surface area contributed by atoms with Crippen LogP contribution >= 0.6 is 11.3 Å². The van der Waals surface area contributed by atoms with Gasteiger partial charge in [-0.2, -0.15) is 0 Å². The number of aromatic nitrogens is 4. The largest absolute Gasteiger partial charge is 0.352 e. The van der Waals surface area contributed by atoms with Gasteiger partial charge in [-0.3, -0.25) is 0 Å². The maximum Gasteiger partial charge on any atom is 0.225 e. The summed E-state index contributed by atoms with van der Waals surface area (Å²) < 4.78 is 0. The van der Waals surface area contributed by atoms with E-state index in [9.17, 15) is 0 Å². The van der Waals surface area contributed by atoms with E-state index in [0.29, 0.717) is 0 Å². The molecule has 162 valence electrons. The molecule has 6 rings (SSSR count). The SMILES string of the molecule is c1ccc(Cc2nc(N3CCN(c4ncccn4)CC3)c3c4c(sc3n2)CCCC4)cc1. The monoisotopic (exact) mass is 442 g/mol. The van der Waals surface area contributed by atoms with E-state index in [2.05, 4.69) is 50.1 Å². The molecule has 0 N–H and O–H groups in total. The molecule has 0 amide bonds. The van der Waals surface area contributed by atoms with Crippen molar-refractivity contribution in [2.24, 2.45) is 0 Å². The molecular formula is C25H26N6S. The van der Waals surface area contributed by atoms with Crippen LogP contribution in [0, 0.1) is 0 Å². The van der Waals surface area contributed by atoms with E-state index >= 15 is 0 Å². The molecule has 4 aromatic rings. The van der Waals surface area contributed by atoms with Crippen LogP contribution in [0.2, 0.25) is 0 Å². The Kier molecular flexibility index (Phi) is 5.19. The number of anilines is 2. The molecular weight excluding hydrogens is 416 g/mol. The summed E-state index contributed by atoms with van der Waals surface area (Å²) in [5.74, 6) is 2.87. The third-order valence-electron chi connectivity index (χ3n) is 6.46. The zero-order chi connectivity index (χ0) is 21.3. The molecule has 4 heterocycles. The molecule has 0 unspecified atom stereocenters. The molecule has 32 heavy (non-hydrogen) atoms. The normalized spacial score (nSPS) is 16.4. The molecule has 1 saturated heterocycles. The second-order valence-corrected chi connectivity index (χ2v) is 9.62. The van der Waals surface area contributed by atoms with Gasteiger partial charge < -0.3 is 9.80 Å². The lowest BCUT2D eigenvalue weighted by atomic mass is 9.96. The van der Waals surface area contributed by atoms with Gasteiger partial charge in [0.2, 0.25) is 5.95 Å². The van der Waals surface area contributed by atoms with E-state index in [4.69, 9.17) is 9.97 Å². The van der Waals surface area contributed by atoms with Crippen molar-refractivity contribution in [3.8, 4) is 0 Å². The number of aryl methyl sites for hydroxylation is 2. The van der Waals surface area contributed by atoms with Crippen molar-refractivity contribution in [3.05, 3.63) is 70.6 Å². The standard InChI is InChI=1S/C25H26N6S/c1-2-7-18(8-3-1)17-21-28-23(22-19-9-4-5-10-20(19)32-24(22)29-21)30-13-15-31(16-14-30)25-26-11-6-12-27-25/h1-3,6-8,11-12H,4-5,9-10,13-17H2. The molecule has 0 bridgehead atoms. The number of benzene rings is 1. The van der Waals surface area contributed by atoms with Gasteiger partial charge in [-0.25, -0.2) is 19.9 Å². The van der Waals surface area contributed by atoms with Crippen molar-refractivity contribution < 1.29 is 0 Å². The van der Waals surface area contributed by atoms with E-state index in [0.717, 1.165) is 56.6 Å². The first kappa shape index (κ1) is 19.6. The average Bonchev–Trinajstić information content (AvgIpc) is 3.23. The van der Waals surface area contributed by atoms with Gasteiger partial charge in [-0.05, 0) is 42.9 Å². The van der Waals surface area contributed by atoms with Crippen LogP contribution in [0.5, 0.6) is 0 Å². The highest BCUT2D eigenvalue weighted by Crippen LogP contribution is 2.40. The van der Waals surface area contributed by atoms with Crippen molar-refractivity contribution in [2.75, 3.05) is 36.0 Å². The Hall–Kier alpha value is -3.06. The number of nitrogens with zero attached hydrogens (tertiary/aromatic N) is 6. The lowest BCUT2D eigenvalue weighted by molar-refractivity contribution is 0.634. The Bertz CT molecular complexity index is 1220. The minimum atomic E-state index is 0.768. The molecule has 2 aliphatic rings. The van der Waals surface area contributed by atoms with Crippen LogP contribution in [0.15, 0.2) is 48.8 Å². The van der Waals surface area contributed by atoms with Gasteiger partial charge in [-0.1, -0.05) is 30.3 Å². The van der Waals surface area contributed by atoms with Gasteiger partial charge in [0.15, 0.2) is 0 Å². The van der Waals surface area contributed by atoms with Gasteiger partial charge in [0.25, 0.3) is 0 Å². The number of rotatable bonds is 4. The summed E-state index contributed by atoms with van der Waals surface area (Å²) in [6.07, 6.45) is 9.29. The average molecular weight is 443 g/mol. The third kappa shape index (κ3) is 3.71. The zero-order valence-corrected chi connectivity index (χ0v) is 18.9. The van der Waals surface area contributed by atoms with E-state index in [1.165, 1.54) is 45.5 Å². The highest BCUT2D eigenvalue weighted by molar-refractivity contribution is 7.19. The van der Waals surface area contributed by atoms with Crippen molar-refractivity contribution in [3.63, 3.8) is 0 Å². The highest BCUT2D eigenvalue weighted by Gasteiger charge is 2.26. The van der Waals surface area contributed by atoms with Gasteiger partial charge >= 0.3 is 0 Å². The number of hydrogen-bond donors (Lipinski definition) is 0. The molecule has 0 atom stereocenters. The molecule has 1 fully saturated rings. The third-order valence-corrected chi connectivity index (χ3v) is 7.65. The molecule has 7 heteroatoms. The molecule has 1 aliphatic heterocycles. The summed E-state index contributed by atoms with van der Waals surface area (Å²) in [6.45, 7) is 3.63. The predicted molar refractivity (Wildman–Crippen MR) is 130 cm³/mol. The lowest BCUT2D eigenvalue weighted by Gasteiger charge is -2.35. The summed E-state index contributed by atoms with van der Waals surface area (Å²) >= 11 is 1.89. The van der Waals surface area contributed by atoms with Crippen LogP contribution in [-0.4, -0.2) is 46.1 Å². The second kappa shape index (κ2) is 8.47. The quantitative estimate of drug-likeness (QED) is 0.470. The van der Waals surface area contributed by atoms with Crippen LogP contribution in [0.25, 0.3) is 10.2 Å². The van der Waals surface area contributed by atoms with Crippen molar-refractivity contribution in [1.82, 2.24) is 19.9 Å². The number of piperazine rings is 1. The lowest BCUT2D eigenvalue weighted by Crippen LogP contribution is -2.47. The summed E-state index contributed by atoms with van der Waals surface area (Å²) in [4.78, 5) is 26.5. The van der Waals surface area contributed by atoms with Gasteiger partial charge in [-0.15, -0.1) is 11.3 Å². The molecule has 1 aromatic carbocycles. The maximum atomic E-state index is 5.17. The summed E-state index contributed by atoms with van der Waals surface area (Å²) in [6, 6.07) is 12.4. The van der Waals surface area contributed by atoms with E-state index in [-0.39, 0.29) is 0 Å². The predicted octanol–water partition coefficient (Wildman–Crippen LogP) is 4.28. The van der Waals surface area contributed by atoms with Gasteiger partial charge in [0, 0.05) is 49.9 Å². The first-order chi connectivity index (χ1) is 15.8. The Morgan fingerprint density at radius 1 is 0.812 bits per heavy atom. The zero-order valence-electron chi connectivity index (χ0n) is 18.1. The molecule has 0 spiro atoms. The summed E-state index contributed by atoms with van der Waals surface area (Å²) in [5.41, 5.74) is 2.76. The Morgan fingerprint density at radius 3 is 2.38 bits per heavy atom. The van der Waals surface area contributed by atoms with Crippen molar-refractivity contribution >= 4 is 33.3 Å². The molecule has 1 aliphatic carbocycles.